The fourth-order valence-corrected chi connectivity index (χ4v) is 4.15. The normalized spacial score (nSPS) is 23.0. The quantitative estimate of drug-likeness (QED) is 0.649. The minimum absolute atomic E-state index is 0.676. The Hall–Kier alpha value is -1.14. The van der Waals surface area contributed by atoms with Gasteiger partial charge in [0.2, 0.25) is 0 Å². The number of piperazine rings is 1. The van der Waals surface area contributed by atoms with Crippen LogP contribution < -0.4 is 4.74 Å². The smallest absolute Gasteiger partial charge is 0.123 e. The van der Waals surface area contributed by atoms with E-state index in [9.17, 15) is 0 Å². The first-order chi connectivity index (χ1) is 13.1. The molecule has 1 aromatic carbocycles. The van der Waals surface area contributed by atoms with Gasteiger partial charge in [-0.1, -0.05) is 18.2 Å². The second kappa shape index (κ2) is 10.4. The van der Waals surface area contributed by atoms with Gasteiger partial charge in [0.25, 0.3) is 0 Å². The van der Waals surface area contributed by atoms with Crippen molar-refractivity contribution in [2.75, 3.05) is 73.6 Å². The molecule has 5 nitrogen and oxygen atoms in total. The molecule has 0 aliphatic carbocycles. The third kappa shape index (κ3) is 6.46. The van der Waals surface area contributed by atoms with Crippen LogP contribution in [0.3, 0.4) is 0 Å². The predicted molar refractivity (Wildman–Crippen MR) is 112 cm³/mol. The fraction of sp³-hybridized carbons (Fsp3) is 0.727. The van der Waals surface area contributed by atoms with Gasteiger partial charge in [-0.25, -0.2) is 0 Å². The number of likely N-dealkylation sites (N-methyl/N-ethyl adjacent to an activating group) is 2. The molecule has 5 heteroatoms. The van der Waals surface area contributed by atoms with Gasteiger partial charge in [-0.2, -0.15) is 0 Å². The summed E-state index contributed by atoms with van der Waals surface area (Å²) in [6.45, 7) is 10.1. The summed E-state index contributed by atoms with van der Waals surface area (Å²) in [5.74, 6) is 1.07. The van der Waals surface area contributed by atoms with Crippen LogP contribution in [0.2, 0.25) is 0 Å². The number of likely N-dealkylation sites (tertiary alicyclic amines) is 1. The average Bonchev–Trinajstić information content (AvgIpc) is 2.68. The van der Waals surface area contributed by atoms with Crippen molar-refractivity contribution in [3.63, 3.8) is 0 Å². The first-order valence-electron chi connectivity index (χ1n) is 10.6. The van der Waals surface area contributed by atoms with Crippen molar-refractivity contribution in [1.82, 2.24) is 19.6 Å². The van der Waals surface area contributed by atoms with Crippen LogP contribution in [-0.2, 0) is 6.54 Å². The van der Waals surface area contributed by atoms with E-state index in [1.807, 2.05) is 0 Å². The highest BCUT2D eigenvalue weighted by Crippen LogP contribution is 2.23. The average molecular weight is 375 g/mol. The Morgan fingerprint density at radius 2 is 1.81 bits per heavy atom. The summed E-state index contributed by atoms with van der Waals surface area (Å²) in [6.07, 6.45) is 3.70. The van der Waals surface area contributed by atoms with E-state index in [2.05, 4.69) is 65.0 Å². The molecular weight excluding hydrogens is 336 g/mol. The van der Waals surface area contributed by atoms with Crippen LogP contribution in [-0.4, -0.2) is 99.2 Å². The molecule has 27 heavy (non-hydrogen) atoms. The van der Waals surface area contributed by atoms with E-state index in [0.29, 0.717) is 6.04 Å². The molecule has 3 rings (SSSR count). The number of piperidine rings is 1. The Morgan fingerprint density at radius 3 is 2.59 bits per heavy atom. The Morgan fingerprint density at radius 1 is 1.04 bits per heavy atom. The molecule has 0 spiro atoms. The number of ether oxygens (including phenoxy) is 1. The lowest BCUT2D eigenvalue weighted by molar-refractivity contribution is 0.126. The minimum Gasteiger partial charge on any atom is -0.493 e. The van der Waals surface area contributed by atoms with Crippen LogP contribution in [0.5, 0.6) is 5.75 Å². The molecule has 2 heterocycles. The van der Waals surface area contributed by atoms with E-state index in [-0.39, 0.29) is 0 Å². The molecule has 1 unspecified atom stereocenters. The van der Waals surface area contributed by atoms with Crippen LogP contribution in [0.4, 0.5) is 0 Å². The highest BCUT2D eigenvalue weighted by atomic mass is 16.5. The largest absolute Gasteiger partial charge is 0.493 e. The van der Waals surface area contributed by atoms with Crippen molar-refractivity contribution in [3.8, 4) is 5.75 Å². The number of hydrogen-bond donors (Lipinski definition) is 0. The first-order valence-corrected chi connectivity index (χ1v) is 10.6. The van der Waals surface area contributed by atoms with Crippen LogP contribution in [0, 0.1) is 0 Å². The van der Waals surface area contributed by atoms with Crippen LogP contribution >= 0.6 is 0 Å². The zero-order valence-electron chi connectivity index (χ0n) is 17.6. The van der Waals surface area contributed by atoms with Crippen molar-refractivity contribution in [2.45, 2.75) is 31.8 Å². The molecule has 2 aliphatic heterocycles. The van der Waals surface area contributed by atoms with Crippen LogP contribution in [0.25, 0.3) is 0 Å². The molecule has 1 atom stereocenters. The maximum atomic E-state index is 6.19. The highest BCUT2D eigenvalue weighted by molar-refractivity contribution is 5.33. The molecular formula is C22H38N4O. The summed E-state index contributed by atoms with van der Waals surface area (Å²) in [5.41, 5.74) is 1.33. The van der Waals surface area contributed by atoms with Crippen molar-refractivity contribution in [3.05, 3.63) is 29.8 Å². The minimum atomic E-state index is 0.676. The molecule has 2 fully saturated rings. The van der Waals surface area contributed by atoms with Gasteiger partial charge in [0.15, 0.2) is 0 Å². The fourth-order valence-electron chi connectivity index (χ4n) is 4.15. The maximum absolute atomic E-state index is 6.19. The molecule has 2 aliphatic rings. The number of para-hydroxylation sites is 1. The monoisotopic (exact) mass is 374 g/mol. The predicted octanol–water partition coefficient (Wildman–Crippen LogP) is 2.23. The Bertz CT molecular complexity index is 557. The van der Waals surface area contributed by atoms with Gasteiger partial charge in [-0.15, -0.1) is 0 Å². The van der Waals surface area contributed by atoms with Crippen molar-refractivity contribution in [1.29, 1.82) is 0 Å². The third-order valence-corrected chi connectivity index (χ3v) is 6.05. The molecule has 2 saturated heterocycles. The van der Waals surface area contributed by atoms with Gasteiger partial charge in [-0.3, -0.25) is 4.90 Å². The third-order valence-electron chi connectivity index (χ3n) is 6.05. The van der Waals surface area contributed by atoms with Gasteiger partial charge in [0, 0.05) is 57.4 Å². The Labute approximate surface area is 165 Å². The Balaban J connectivity index is 1.44. The van der Waals surface area contributed by atoms with E-state index in [0.717, 1.165) is 38.4 Å². The van der Waals surface area contributed by atoms with E-state index in [1.165, 1.54) is 51.1 Å². The van der Waals surface area contributed by atoms with Crippen molar-refractivity contribution in [2.24, 2.45) is 0 Å². The van der Waals surface area contributed by atoms with Gasteiger partial charge in [-0.05, 0) is 53.0 Å². The van der Waals surface area contributed by atoms with E-state index >= 15 is 0 Å². The summed E-state index contributed by atoms with van der Waals surface area (Å²) in [5, 5.41) is 0. The summed E-state index contributed by atoms with van der Waals surface area (Å²) in [6, 6.07) is 9.28. The molecule has 0 saturated carbocycles. The van der Waals surface area contributed by atoms with E-state index in [4.69, 9.17) is 4.74 Å². The van der Waals surface area contributed by atoms with Gasteiger partial charge < -0.3 is 19.4 Å². The molecule has 0 N–H and O–H groups in total. The standard InChI is InChI=1S/C22H38N4O/c1-23(2)21-9-6-11-26(19-21)18-20-8-4-5-10-22(20)27-17-7-12-25-15-13-24(3)14-16-25/h4-5,8,10,21H,6-7,9,11-19H2,1-3H3. The summed E-state index contributed by atoms with van der Waals surface area (Å²) >= 11 is 0. The van der Waals surface area contributed by atoms with E-state index < -0.39 is 0 Å². The number of benzene rings is 1. The second-order valence-electron chi connectivity index (χ2n) is 8.45. The molecule has 0 radical (unpaired) electrons. The lowest BCUT2D eigenvalue weighted by Gasteiger charge is -2.36. The molecule has 1 aromatic rings. The number of nitrogens with zero attached hydrogens (tertiary/aromatic N) is 4. The van der Waals surface area contributed by atoms with Gasteiger partial charge in [0.1, 0.15) is 5.75 Å². The number of rotatable bonds is 8. The lowest BCUT2D eigenvalue weighted by atomic mass is 10.0. The van der Waals surface area contributed by atoms with Crippen LogP contribution in [0.15, 0.2) is 24.3 Å². The van der Waals surface area contributed by atoms with Gasteiger partial charge >= 0.3 is 0 Å². The van der Waals surface area contributed by atoms with Crippen molar-refractivity contribution < 1.29 is 4.74 Å². The number of hydrogen-bond acceptors (Lipinski definition) is 5. The first kappa shape index (κ1) is 20.6. The maximum Gasteiger partial charge on any atom is 0.123 e. The van der Waals surface area contributed by atoms with Crippen molar-refractivity contribution >= 4 is 0 Å². The highest BCUT2D eigenvalue weighted by Gasteiger charge is 2.22. The molecule has 152 valence electrons. The molecule has 0 bridgehead atoms. The SMILES string of the molecule is CN1CCN(CCCOc2ccccc2CN2CCCC(N(C)C)C2)CC1. The van der Waals surface area contributed by atoms with Crippen LogP contribution in [0.1, 0.15) is 24.8 Å². The molecule has 0 aromatic heterocycles. The molecule has 0 amide bonds. The second-order valence-corrected chi connectivity index (χ2v) is 8.45. The Kier molecular flexibility index (Phi) is 7.94. The summed E-state index contributed by atoms with van der Waals surface area (Å²) in [7, 11) is 6.61. The zero-order valence-corrected chi connectivity index (χ0v) is 17.6. The van der Waals surface area contributed by atoms with E-state index in [1.54, 1.807) is 0 Å². The summed E-state index contributed by atoms with van der Waals surface area (Å²) < 4.78 is 6.19. The lowest BCUT2D eigenvalue weighted by Crippen LogP contribution is -2.44. The zero-order chi connectivity index (χ0) is 19.1. The summed E-state index contributed by atoms with van der Waals surface area (Å²) in [4.78, 5) is 9.92. The van der Waals surface area contributed by atoms with Gasteiger partial charge in [0.05, 0.1) is 6.61 Å². The topological polar surface area (TPSA) is 22.2 Å².